The van der Waals surface area contributed by atoms with Gasteiger partial charge >= 0.3 is 0 Å². The van der Waals surface area contributed by atoms with Crippen molar-refractivity contribution in [3.05, 3.63) is 42.2 Å². The van der Waals surface area contributed by atoms with Gasteiger partial charge < -0.3 is 5.73 Å². The van der Waals surface area contributed by atoms with Gasteiger partial charge in [-0.2, -0.15) is 0 Å². The van der Waals surface area contributed by atoms with Crippen molar-refractivity contribution in [3.63, 3.8) is 0 Å². The highest BCUT2D eigenvalue weighted by Gasteiger charge is 2.00. The Hall–Kier alpha value is -1.62. The average molecular weight is 221 g/mol. The molecule has 2 aromatic rings. The van der Waals surface area contributed by atoms with Crippen molar-refractivity contribution in [1.29, 1.82) is 0 Å². The third kappa shape index (κ3) is 2.66. The van der Waals surface area contributed by atoms with Crippen molar-refractivity contribution in [2.75, 3.05) is 5.73 Å². The summed E-state index contributed by atoms with van der Waals surface area (Å²) in [5, 5.41) is 8.27. The van der Waals surface area contributed by atoms with Gasteiger partial charge in [-0.3, -0.25) is 0 Å². The first-order valence-corrected chi connectivity index (χ1v) is 5.08. The van der Waals surface area contributed by atoms with Crippen LogP contribution in [0.1, 0.15) is 0 Å². The van der Waals surface area contributed by atoms with Crippen LogP contribution in [0.15, 0.2) is 46.3 Å². The molecule has 0 aliphatic carbocycles. The minimum atomic E-state index is -0.261. The van der Waals surface area contributed by atoms with E-state index in [0.29, 0.717) is 10.8 Å². The Morgan fingerprint density at radius 2 is 2.00 bits per heavy atom. The standard InChI is InChI=1S/C10H8FN3S/c11-7-2-1-3-8(6-7)15-10-5-4-9(12)13-14-10/h1-6H,(H2,12,13). The molecular formula is C10H8FN3S. The van der Waals surface area contributed by atoms with Crippen molar-refractivity contribution in [1.82, 2.24) is 10.2 Å². The summed E-state index contributed by atoms with van der Waals surface area (Å²) >= 11 is 1.34. The molecule has 0 aliphatic heterocycles. The summed E-state index contributed by atoms with van der Waals surface area (Å²) in [4.78, 5) is 0.786. The van der Waals surface area contributed by atoms with Crippen LogP contribution in [0.2, 0.25) is 0 Å². The Morgan fingerprint density at radius 3 is 2.67 bits per heavy atom. The molecule has 0 amide bonds. The van der Waals surface area contributed by atoms with Crippen molar-refractivity contribution < 1.29 is 4.39 Å². The molecule has 0 atom stereocenters. The minimum Gasteiger partial charge on any atom is -0.382 e. The second-order valence-corrected chi connectivity index (χ2v) is 3.95. The summed E-state index contributed by atoms with van der Waals surface area (Å²) in [6.07, 6.45) is 0. The fourth-order valence-electron chi connectivity index (χ4n) is 1.04. The molecule has 0 unspecified atom stereocenters. The number of benzene rings is 1. The molecule has 0 fully saturated rings. The zero-order valence-corrected chi connectivity index (χ0v) is 8.54. The zero-order valence-electron chi connectivity index (χ0n) is 7.72. The number of hydrogen-bond acceptors (Lipinski definition) is 4. The molecule has 3 nitrogen and oxygen atoms in total. The van der Waals surface area contributed by atoms with Crippen molar-refractivity contribution in [2.24, 2.45) is 0 Å². The summed E-state index contributed by atoms with van der Waals surface area (Å²) in [5.41, 5.74) is 5.40. The van der Waals surface area contributed by atoms with Crippen LogP contribution in [-0.2, 0) is 0 Å². The molecular weight excluding hydrogens is 213 g/mol. The van der Waals surface area contributed by atoms with Gasteiger partial charge in [0, 0.05) is 4.90 Å². The molecule has 1 heterocycles. The topological polar surface area (TPSA) is 51.8 Å². The lowest BCUT2D eigenvalue weighted by atomic mass is 10.4. The van der Waals surface area contributed by atoms with Crippen LogP contribution in [0.3, 0.4) is 0 Å². The third-order valence-electron chi connectivity index (χ3n) is 1.68. The number of rotatable bonds is 2. The fourth-order valence-corrected chi connectivity index (χ4v) is 1.81. The Labute approximate surface area is 90.5 Å². The molecule has 0 aliphatic rings. The van der Waals surface area contributed by atoms with E-state index in [0.717, 1.165) is 4.90 Å². The van der Waals surface area contributed by atoms with E-state index in [2.05, 4.69) is 10.2 Å². The number of halogens is 1. The van der Waals surface area contributed by atoms with Gasteiger partial charge in [-0.25, -0.2) is 4.39 Å². The Morgan fingerprint density at radius 1 is 1.13 bits per heavy atom. The first-order valence-electron chi connectivity index (χ1n) is 4.27. The monoisotopic (exact) mass is 221 g/mol. The number of anilines is 1. The van der Waals surface area contributed by atoms with Crippen LogP contribution in [0, 0.1) is 5.82 Å². The lowest BCUT2D eigenvalue weighted by Crippen LogP contribution is -1.92. The van der Waals surface area contributed by atoms with E-state index in [1.807, 2.05) is 6.07 Å². The van der Waals surface area contributed by atoms with E-state index in [9.17, 15) is 4.39 Å². The molecule has 76 valence electrons. The van der Waals surface area contributed by atoms with E-state index in [1.165, 1.54) is 23.9 Å². The van der Waals surface area contributed by atoms with Crippen molar-refractivity contribution in [3.8, 4) is 0 Å². The van der Waals surface area contributed by atoms with Gasteiger partial charge in [0.1, 0.15) is 16.7 Å². The first-order chi connectivity index (χ1) is 7.24. The second kappa shape index (κ2) is 4.27. The quantitative estimate of drug-likeness (QED) is 0.845. The second-order valence-electron chi connectivity index (χ2n) is 2.86. The Balaban J connectivity index is 2.18. The van der Waals surface area contributed by atoms with Gasteiger partial charge in [0.25, 0.3) is 0 Å². The summed E-state index contributed by atoms with van der Waals surface area (Å²) in [5.74, 6) is 0.113. The number of nitrogen functional groups attached to an aromatic ring is 1. The van der Waals surface area contributed by atoms with Gasteiger partial charge in [0.05, 0.1) is 0 Å². The molecule has 0 bridgehead atoms. The summed E-state index contributed by atoms with van der Waals surface area (Å²) < 4.78 is 12.9. The fraction of sp³-hybridized carbons (Fsp3) is 0. The molecule has 0 saturated heterocycles. The Bertz CT molecular complexity index is 458. The SMILES string of the molecule is Nc1ccc(Sc2cccc(F)c2)nn1. The minimum absolute atomic E-state index is 0.261. The van der Waals surface area contributed by atoms with Crippen LogP contribution in [0.5, 0.6) is 0 Å². The predicted octanol–water partition coefficient (Wildman–Crippen LogP) is 2.35. The molecule has 2 rings (SSSR count). The highest BCUT2D eigenvalue weighted by atomic mass is 32.2. The molecule has 0 spiro atoms. The largest absolute Gasteiger partial charge is 0.382 e. The van der Waals surface area contributed by atoms with E-state index in [-0.39, 0.29) is 5.82 Å². The molecule has 2 N–H and O–H groups in total. The van der Waals surface area contributed by atoms with Crippen LogP contribution in [-0.4, -0.2) is 10.2 Å². The van der Waals surface area contributed by atoms with Crippen molar-refractivity contribution >= 4 is 17.6 Å². The van der Waals surface area contributed by atoms with Crippen LogP contribution in [0.25, 0.3) is 0 Å². The molecule has 15 heavy (non-hydrogen) atoms. The third-order valence-corrected chi connectivity index (χ3v) is 2.60. The summed E-state index contributed by atoms with van der Waals surface area (Å²) in [6, 6.07) is 9.72. The molecule has 5 heteroatoms. The Kier molecular flexibility index (Phi) is 2.82. The van der Waals surface area contributed by atoms with Gasteiger partial charge in [0.15, 0.2) is 0 Å². The average Bonchev–Trinajstić information content (AvgIpc) is 2.22. The maximum absolute atomic E-state index is 12.9. The maximum Gasteiger partial charge on any atom is 0.146 e. The first kappa shape index (κ1) is 9.92. The van der Waals surface area contributed by atoms with Crippen molar-refractivity contribution in [2.45, 2.75) is 9.92 Å². The van der Waals surface area contributed by atoms with Crippen LogP contribution >= 0.6 is 11.8 Å². The van der Waals surface area contributed by atoms with Gasteiger partial charge in [-0.1, -0.05) is 17.8 Å². The van der Waals surface area contributed by atoms with Gasteiger partial charge in [-0.15, -0.1) is 10.2 Å². The number of nitrogens with two attached hydrogens (primary N) is 1. The number of hydrogen-bond donors (Lipinski definition) is 1. The van der Waals surface area contributed by atoms with E-state index in [4.69, 9.17) is 5.73 Å². The number of nitrogens with zero attached hydrogens (tertiary/aromatic N) is 2. The lowest BCUT2D eigenvalue weighted by Gasteiger charge is -1.99. The predicted molar refractivity (Wildman–Crippen MR) is 57.0 cm³/mol. The molecule has 0 radical (unpaired) electrons. The normalized spacial score (nSPS) is 10.2. The maximum atomic E-state index is 12.9. The molecule has 0 saturated carbocycles. The lowest BCUT2D eigenvalue weighted by molar-refractivity contribution is 0.624. The van der Waals surface area contributed by atoms with E-state index >= 15 is 0 Å². The summed E-state index contributed by atoms with van der Waals surface area (Å²) in [6.45, 7) is 0. The van der Waals surface area contributed by atoms with E-state index < -0.39 is 0 Å². The smallest absolute Gasteiger partial charge is 0.146 e. The van der Waals surface area contributed by atoms with Gasteiger partial charge in [-0.05, 0) is 30.3 Å². The molecule has 1 aromatic heterocycles. The molecule has 1 aromatic carbocycles. The van der Waals surface area contributed by atoms with Crippen LogP contribution in [0.4, 0.5) is 10.2 Å². The highest BCUT2D eigenvalue weighted by Crippen LogP contribution is 2.25. The summed E-state index contributed by atoms with van der Waals surface area (Å²) in [7, 11) is 0. The highest BCUT2D eigenvalue weighted by molar-refractivity contribution is 7.99. The number of aromatic nitrogens is 2. The van der Waals surface area contributed by atoms with E-state index in [1.54, 1.807) is 18.2 Å². The van der Waals surface area contributed by atoms with Gasteiger partial charge in [0.2, 0.25) is 0 Å². The zero-order chi connectivity index (χ0) is 10.7. The van der Waals surface area contributed by atoms with Crippen LogP contribution < -0.4 is 5.73 Å².